The molecule has 1 saturated heterocycles. The molecule has 1 aromatic carbocycles. The number of nitrogens with one attached hydrogen (secondary N) is 1. The van der Waals surface area contributed by atoms with E-state index in [9.17, 15) is 9.18 Å². The van der Waals surface area contributed by atoms with E-state index in [1.165, 1.54) is 6.07 Å². The smallest absolute Gasteiger partial charge is 0.237 e. The zero-order valence-corrected chi connectivity index (χ0v) is 10.4. The van der Waals surface area contributed by atoms with Gasteiger partial charge in [0.15, 0.2) is 0 Å². The average molecular weight is 251 g/mol. The molecule has 2 rings (SSSR count). The van der Waals surface area contributed by atoms with Crippen molar-refractivity contribution in [1.82, 2.24) is 10.2 Å². The van der Waals surface area contributed by atoms with E-state index in [4.69, 9.17) is 5.73 Å². The van der Waals surface area contributed by atoms with Crippen LogP contribution < -0.4 is 11.1 Å². The van der Waals surface area contributed by atoms with E-state index in [0.29, 0.717) is 18.7 Å². The summed E-state index contributed by atoms with van der Waals surface area (Å²) in [6.07, 6.45) is 0. The highest BCUT2D eigenvalue weighted by molar-refractivity contribution is 5.81. The molecule has 18 heavy (non-hydrogen) atoms. The normalized spacial score (nSPS) is 20.8. The van der Waals surface area contributed by atoms with E-state index in [0.717, 1.165) is 12.1 Å². The van der Waals surface area contributed by atoms with Gasteiger partial charge in [-0.15, -0.1) is 0 Å². The Balaban J connectivity index is 2.11. The van der Waals surface area contributed by atoms with Crippen LogP contribution in [0.3, 0.4) is 0 Å². The summed E-state index contributed by atoms with van der Waals surface area (Å²) in [6, 6.07) is 4.80. The standard InChI is InChI=1S/C13H18FN3O/c1-9-13(18)16-4-5-17(9)8-10-2-3-12(14)11(6-10)7-15/h2-3,6,9H,4-5,7-8,15H2,1H3,(H,16,18). The lowest BCUT2D eigenvalue weighted by molar-refractivity contribution is -0.128. The van der Waals surface area contributed by atoms with Gasteiger partial charge in [-0.05, 0) is 18.6 Å². The molecule has 1 amide bonds. The number of benzene rings is 1. The van der Waals surface area contributed by atoms with E-state index >= 15 is 0 Å². The third kappa shape index (κ3) is 2.68. The molecule has 0 aromatic heterocycles. The lowest BCUT2D eigenvalue weighted by Gasteiger charge is -2.32. The molecule has 0 aliphatic carbocycles. The Hall–Kier alpha value is -1.46. The van der Waals surface area contributed by atoms with Crippen molar-refractivity contribution < 1.29 is 9.18 Å². The largest absolute Gasteiger partial charge is 0.353 e. The Morgan fingerprint density at radius 3 is 3.06 bits per heavy atom. The zero-order chi connectivity index (χ0) is 13.1. The number of nitrogens with zero attached hydrogens (tertiary/aromatic N) is 1. The van der Waals surface area contributed by atoms with Gasteiger partial charge in [0.1, 0.15) is 5.82 Å². The van der Waals surface area contributed by atoms with Gasteiger partial charge >= 0.3 is 0 Å². The maximum absolute atomic E-state index is 13.3. The maximum atomic E-state index is 13.3. The van der Waals surface area contributed by atoms with E-state index in [1.54, 1.807) is 12.1 Å². The first-order valence-electron chi connectivity index (χ1n) is 6.11. The number of carbonyl (C=O) groups is 1. The van der Waals surface area contributed by atoms with Crippen molar-refractivity contribution >= 4 is 5.91 Å². The summed E-state index contributed by atoms with van der Waals surface area (Å²) in [5.41, 5.74) is 6.98. The third-order valence-electron chi connectivity index (χ3n) is 3.34. The van der Waals surface area contributed by atoms with Gasteiger partial charge < -0.3 is 11.1 Å². The number of amides is 1. The Morgan fingerprint density at radius 2 is 2.33 bits per heavy atom. The topological polar surface area (TPSA) is 58.4 Å². The fraction of sp³-hybridized carbons (Fsp3) is 0.462. The van der Waals surface area contributed by atoms with E-state index in [-0.39, 0.29) is 24.3 Å². The minimum atomic E-state index is -0.273. The monoisotopic (exact) mass is 251 g/mol. The van der Waals surface area contributed by atoms with Crippen LogP contribution in [0.25, 0.3) is 0 Å². The molecule has 1 heterocycles. The molecule has 1 atom stereocenters. The molecular weight excluding hydrogens is 233 g/mol. The van der Waals surface area contributed by atoms with Gasteiger partial charge in [-0.1, -0.05) is 12.1 Å². The molecule has 0 radical (unpaired) electrons. The second kappa shape index (κ2) is 5.46. The minimum absolute atomic E-state index is 0.0439. The average Bonchev–Trinajstić information content (AvgIpc) is 2.37. The van der Waals surface area contributed by atoms with Crippen molar-refractivity contribution in [3.8, 4) is 0 Å². The van der Waals surface area contributed by atoms with Crippen molar-refractivity contribution in [3.05, 3.63) is 35.1 Å². The second-order valence-electron chi connectivity index (χ2n) is 4.57. The Bertz CT molecular complexity index is 450. The SMILES string of the molecule is CC1C(=O)NCCN1Cc1ccc(F)c(CN)c1. The van der Waals surface area contributed by atoms with Crippen LogP contribution in [-0.2, 0) is 17.9 Å². The first kappa shape index (κ1) is 13.0. The van der Waals surface area contributed by atoms with Gasteiger partial charge in [-0.25, -0.2) is 4.39 Å². The van der Waals surface area contributed by atoms with Crippen LogP contribution in [0.15, 0.2) is 18.2 Å². The summed E-state index contributed by atoms with van der Waals surface area (Å²) in [6.45, 7) is 4.18. The first-order chi connectivity index (χ1) is 8.61. The molecule has 5 heteroatoms. The van der Waals surface area contributed by atoms with Gasteiger partial charge in [0.2, 0.25) is 5.91 Å². The van der Waals surface area contributed by atoms with Gasteiger partial charge in [-0.3, -0.25) is 9.69 Å². The van der Waals surface area contributed by atoms with E-state index in [2.05, 4.69) is 10.2 Å². The molecule has 0 spiro atoms. The molecular formula is C13H18FN3O. The first-order valence-corrected chi connectivity index (χ1v) is 6.11. The third-order valence-corrected chi connectivity index (χ3v) is 3.34. The highest BCUT2D eigenvalue weighted by Crippen LogP contribution is 2.14. The summed E-state index contributed by atoms with van der Waals surface area (Å²) in [5.74, 6) is -0.229. The van der Waals surface area contributed by atoms with Crippen molar-refractivity contribution in [2.45, 2.75) is 26.1 Å². The van der Waals surface area contributed by atoms with E-state index < -0.39 is 0 Å². The summed E-state index contributed by atoms with van der Waals surface area (Å²) in [4.78, 5) is 13.6. The lowest BCUT2D eigenvalue weighted by atomic mass is 10.1. The number of hydrogen-bond donors (Lipinski definition) is 2. The molecule has 3 N–H and O–H groups in total. The van der Waals surface area contributed by atoms with Crippen LogP contribution in [0, 0.1) is 5.82 Å². The van der Waals surface area contributed by atoms with Gasteiger partial charge in [0, 0.05) is 31.7 Å². The molecule has 1 unspecified atom stereocenters. The summed E-state index contributed by atoms with van der Waals surface area (Å²) >= 11 is 0. The molecule has 1 fully saturated rings. The van der Waals surface area contributed by atoms with Gasteiger partial charge in [-0.2, -0.15) is 0 Å². The molecule has 0 bridgehead atoms. The van der Waals surface area contributed by atoms with Crippen LogP contribution in [0.4, 0.5) is 4.39 Å². The number of hydrogen-bond acceptors (Lipinski definition) is 3. The fourth-order valence-corrected chi connectivity index (χ4v) is 2.16. The number of piperazine rings is 1. The number of carbonyl (C=O) groups excluding carboxylic acids is 1. The molecule has 0 saturated carbocycles. The van der Waals surface area contributed by atoms with E-state index in [1.807, 2.05) is 6.92 Å². The lowest BCUT2D eigenvalue weighted by Crippen LogP contribution is -2.53. The van der Waals surface area contributed by atoms with Gasteiger partial charge in [0.05, 0.1) is 6.04 Å². The van der Waals surface area contributed by atoms with Crippen LogP contribution in [0.1, 0.15) is 18.1 Å². The number of rotatable bonds is 3. The number of nitrogens with two attached hydrogens (primary N) is 1. The fourth-order valence-electron chi connectivity index (χ4n) is 2.16. The Kier molecular flexibility index (Phi) is 3.93. The van der Waals surface area contributed by atoms with Crippen LogP contribution in [0.5, 0.6) is 0 Å². The maximum Gasteiger partial charge on any atom is 0.237 e. The van der Waals surface area contributed by atoms with Crippen LogP contribution >= 0.6 is 0 Å². The highest BCUT2D eigenvalue weighted by atomic mass is 19.1. The summed E-state index contributed by atoms with van der Waals surface area (Å²) in [5, 5.41) is 2.82. The van der Waals surface area contributed by atoms with Crippen LogP contribution in [0.2, 0.25) is 0 Å². The van der Waals surface area contributed by atoms with Crippen LogP contribution in [-0.4, -0.2) is 29.9 Å². The molecule has 1 aromatic rings. The van der Waals surface area contributed by atoms with Crippen molar-refractivity contribution in [2.24, 2.45) is 5.73 Å². The van der Waals surface area contributed by atoms with Gasteiger partial charge in [0.25, 0.3) is 0 Å². The Labute approximate surface area is 106 Å². The second-order valence-corrected chi connectivity index (χ2v) is 4.57. The summed E-state index contributed by atoms with van der Waals surface area (Å²) < 4.78 is 13.3. The molecule has 1 aliphatic heterocycles. The molecule has 1 aliphatic rings. The van der Waals surface area contributed by atoms with Crippen molar-refractivity contribution in [2.75, 3.05) is 13.1 Å². The number of halogens is 1. The predicted octanol–water partition coefficient (Wildman–Crippen LogP) is 0.605. The zero-order valence-electron chi connectivity index (χ0n) is 10.4. The minimum Gasteiger partial charge on any atom is -0.353 e. The Morgan fingerprint density at radius 1 is 1.56 bits per heavy atom. The molecule has 4 nitrogen and oxygen atoms in total. The highest BCUT2D eigenvalue weighted by Gasteiger charge is 2.25. The van der Waals surface area contributed by atoms with Crippen molar-refractivity contribution in [1.29, 1.82) is 0 Å². The quantitative estimate of drug-likeness (QED) is 0.827. The van der Waals surface area contributed by atoms with Crippen molar-refractivity contribution in [3.63, 3.8) is 0 Å². The summed E-state index contributed by atoms with van der Waals surface area (Å²) in [7, 11) is 0. The molecule has 98 valence electrons. The predicted molar refractivity (Wildman–Crippen MR) is 67.2 cm³/mol.